The van der Waals surface area contributed by atoms with Gasteiger partial charge in [-0.1, -0.05) is 61.5 Å². The van der Waals surface area contributed by atoms with Gasteiger partial charge in [-0.15, -0.1) is 0 Å². The normalized spacial score (nSPS) is 11.8. The number of carbonyl (C=O) groups is 2. The maximum absolute atomic E-state index is 12.4. The molecule has 138 valence electrons. The molecule has 0 aliphatic carbocycles. The van der Waals surface area contributed by atoms with Crippen molar-refractivity contribution in [3.05, 3.63) is 77.9 Å². The highest BCUT2D eigenvalue weighted by Crippen LogP contribution is 2.19. The Bertz CT molecular complexity index is 960. The van der Waals surface area contributed by atoms with E-state index in [0.29, 0.717) is 0 Å². The summed E-state index contributed by atoms with van der Waals surface area (Å²) in [7, 11) is 0. The predicted octanol–water partition coefficient (Wildman–Crippen LogP) is 4.09. The molecular formula is C23H24N2O2. The van der Waals surface area contributed by atoms with Crippen LogP contribution < -0.4 is 10.6 Å². The van der Waals surface area contributed by atoms with Gasteiger partial charge in [-0.05, 0) is 47.4 Å². The largest absolute Gasteiger partial charge is 0.344 e. The molecular weight excluding hydrogens is 336 g/mol. The van der Waals surface area contributed by atoms with E-state index in [-0.39, 0.29) is 18.2 Å². The lowest BCUT2D eigenvalue weighted by Crippen LogP contribution is -2.42. The monoisotopic (exact) mass is 360 g/mol. The molecule has 3 rings (SSSR count). The molecule has 0 spiro atoms. The Morgan fingerprint density at radius 2 is 1.70 bits per heavy atom. The van der Waals surface area contributed by atoms with Crippen molar-refractivity contribution in [3.63, 3.8) is 0 Å². The number of carbonyl (C=O) groups excluding carboxylic acids is 2. The molecule has 3 aromatic carbocycles. The van der Waals surface area contributed by atoms with Crippen LogP contribution in [0.15, 0.2) is 66.7 Å². The Kier molecular flexibility index (Phi) is 5.87. The zero-order chi connectivity index (χ0) is 19.2. The Morgan fingerprint density at radius 3 is 2.52 bits per heavy atom. The van der Waals surface area contributed by atoms with Crippen LogP contribution in [-0.4, -0.2) is 17.9 Å². The van der Waals surface area contributed by atoms with Crippen LogP contribution in [0.3, 0.4) is 0 Å². The topological polar surface area (TPSA) is 58.2 Å². The van der Waals surface area contributed by atoms with Crippen molar-refractivity contribution in [3.8, 4) is 0 Å². The van der Waals surface area contributed by atoms with E-state index >= 15 is 0 Å². The summed E-state index contributed by atoms with van der Waals surface area (Å²) in [6.07, 6.45) is 1.14. The highest BCUT2D eigenvalue weighted by atomic mass is 16.2. The summed E-state index contributed by atoms with van der Waals surface area (Å²) in [5, 5.41) is 7.81. The quantitative estimate of drug-likeness (QED) is 0.696. The van der Waals surface area contributed by atoms with Crippen molar-refractivity contribution in [1.82, 2.24) is 5.32 Å². The summed E-state index contributed by atoms with van der Waals surface area (Å²) in [5.41, 5.74) is 2.85. The van der Waals surface area contributed by atoms with Crippen molar-refractivity contribution in [1.29, 1.82) is 0 Å². The number of nitrogens with one attached hydrogen (secondary N) is 2. The van der Waals surface area contributed by atoms with Gasteiger partial charge in [0.1, 0.15) is 6.04 Å². The summed E-state index contributed by atoms with van der Waals surface area (Å²) in [6, 6.07) is 21.0. The van der Waals surface area contributed by atoms with Crippen molar-refractivity contribution in [2.75, 3.05) is 5.32 Å². The van der Waals surface area contributed by atoms with Gasteiger partial charge in [0.15, 0.2) is 0 Å². The van der Waals surface area contributed by atoms with Crippen LogP contribution in [0, 0.1) is 0 Å². The van der Waals surface area contributed by atoms with Gasteiger partial charge in [0.05, 0.1) is 6.42 Å². The van der Waals surface area contributed by atoms with Gasteiger partial charge in [-0.2, -0.15) is 0 Å². The fourth-order valence-electron chi connectivity index (χ4n) is 3.10. The molecule has 4 nitrogen and oxygen atoms in total. The van der Waals surface area contributed by atoms with E-state index < -0.39 is 6.04 Å². The molecule has 0 aliphatic heterocycles. The molecule has 0 bridgehead atoms. The summed E-state index contributed by atoms with van der Waals surface area (Å²) in [6.45, 7) is 3.76. The molecule has 0 fully saturated rings. The van der Waals surface area contributed by atoms with Gasteiger partial charge in [-0.3, -0.25) is 9.59 Å². The highest BCUT2D eigenvalue weighted by Gasteiger charge is 2.16. The molecule has 0 heterocycles. The SMILES string of the molecule is CCc1cccc(NC(=O)[C@H](C)NC(=O)Cc2cccc3ccccc23)c1. The number of aryl methyl sites for hydroxylation is 1. The summed E-state index contributed by atoms with van der Waals surface area (Å²) < 4.78 is 0. The lowest BCUT2D eigenvalue weighted by molar-refractivity contribution is -0.125. The second kappa shape index (κ2) is 8.49. The van der Waals surface area contributed by atoms with Crippen molar-refractivity contribution in [2.24, 2.45) is 0 Å². The maximum Gasteiger partial charge on any atom is 0.246 e. The molecule has 0 saturated carbocycles. The van der Waals surface area contributed by atoms with Crippen LogP contribution in [0.2, 0.25) is 0 Å². The zero-order valence-corrected chi connectivity index (χ0v) is 15.7. The van der Waals surface area contributed by atoms with Crippen molar-refractivity contribution < 1.29 is 9.59 Å². The fraction of sp³-hybridized carbons (Fsp3) is 0.217. The molecule has 2 N–H and O–H groups in total. The van der Waals surface area contributed by atoms with E-state index in [1.165, 1.54) is 0 Å². The number of rotatable bonds is 6. The van der Waals surface area contributed by atoms with Gasteiger partial charge in [0.2, 0.25) is 11.8 Å². The summed E-state index contributed by atoms with van der Waals surface area (Å²) in [4.78, 5) is 24.8. The first-order valence-electron chi connectivity index (χ1n) is 9.22. The van der Waals surface area contributed by atoms with E-state index in [1.54, 1.807) is 6.92 Å². The molecule has 27 heavy (non-hydrogen) atoms. The van der Waals surface area contributed by atoms with Gasteiger partial charge < -0.3 is 10.6 Å². The molecule has 0 aliphatic rings. The van der Waals surface area contributed by atoms with Crippen LogP contribution in [0.5, 0.6) is 0 Å². The molecule has 4 heteroatoms. The Balaban J connectivity index is 1.62. The number of amides is 2. The second-order valence-electron chi connectivity index (χ2n) is 6.65. The van der Waals surface area contributed by atoms with E-state index in [1.807, 2.05) is 66.7 Å². The molecule has 1 atom stereocenters. The minimum atomic E-state index is -0.613. The highest BCUT2D eigenvalue weighted by molar-refractivity contribution is 5.97. The average Bonchev–Trinajstić information content (AvgIpc) is 2.68. The molecule has 0 saturated heterocycles. The minimum Gasteiger partial charge on any atom is -0.344 e. The molecule has 3 aromatic rings. The summed E-state index contributed by atoms with van der Waals surface area (Å²) in [5.74, 6) is -0.397. The smallest absolute Gasteiger partial charge is 0.246 e. The molecule has 2 amide bonds. The summed E-state index contributed by atoms with van der Waals surface area (Å²) >= 11 is 0. The van der Waals surface area contributed by atoms with Gasteiger partial charge in [0, 0.05) is 5.69 Å². The molecule has 0 radical (unpaired) electrons. The fourth-order valence-corrected chi connectivity index (χ4v) is 3.10. The lowest BCUT2D eigenvalue weighted by Gasteiger charge is -2.15. The third-order valence-corrected chi connectivity index (χ3v) is 4.60. The van der Waals surface area contributed by atoms with E-state index in [4.69, 9.17) is 0 Å². The van der Waals surface area contributed by atoms with Crippen molar-refractivity contribution >= 4 is 28.3 Å². The zero-order valence-electron chi connectivity index (χ0n) is 15.7. The standard InChI is InChI=1S/C23H24N2O2/c1-3-17-8-6-12-20(14-17)25-23(27)16(2)24-22(26)15-19-11-7-10-18-9-4-5-13-21(18)19/h4-14,16H,3,15H2,1-2H3,(H,24,26)(H,25,27)/t16-/m0/s1. The third-order valence-electron chi connectivity index (χ3n) is 4.60. The van der Waals surface area contributed by atoms with Crippen molar-refractivity contribution in [2.45, 2.75) is 32.7 Å². The van der Waals surface area contributed by atoms with E-state index in [9.17, 15) is 9.59 Å². The Labute approximate surface area is 159 Å². The minimum absolute atomic E-state index is 0.170. The van der Waals surface area contributed by atoms with Crippen LogP contribution >= 0.6 is 0 Å². The van der Waals surface area contributed by atoms with Crippen LogP contribution in [0.1, 0.15) is 25.0 Å². The number of fused-ring (bicyclic) bond motifs is 1. The molecule has 0 aromatic heterocycles. The van der Waals surface area contributed by atoms with Crippen LogP contribution in [-0.2, 0) is 22.4 Å². The van der Waals surface area contributed by atoms with Gasteiger partial charge in [0.25, 0.3) is 0 Å². The first-order valence-corrected chi connectivity index (χ1v) is 9.22. The number of anilines is 1. The van der Waals surface area contributed by atoms with Crippen LogP contribution in [0.25, 0.3) is 10.8 Å². The molecule has 0 unspecified atom stereocenters. The number of hydrogen-bond acceptors (Lipinski definition) is 2. The maximum atomic E-state index is 12.4. The second-order valence-corrected chi connectivity index (χ2v) is 6.65. The van der Waals surface area contributed by atoms with Gasteiger partial charge >= 0.3 is 0 Å². The predicted molar refractivity (Wildman–Crippen MR) is 110 cm³/mol. The first kappa shape index (κ1) is 18.6. The third kappa shape index (κ3) is 4.73. The first-order chi connectivity index (χ1) is 13.1. The van der Waals surface area contributed by atoms with Crippen LogP contribution in [0.4, 0.5) is 5.69 Å². The van der Waals surface area contributed by atoms with E-state index in [2.05, 4.69) is 17.6 Å². The average molecular weight is 360 g/mol. The lowest BCUT2D eigenvalue weighted by atomic mass is 10.0. The number of benzene rings is 3. The number of hydrogen-bond donors (Lipinski definition) is 2. The van der Waals surface area contributed by atoms with E-state index in [0.717, 1.165) is 34.0 Å². The Hall–Kier alpha value is -3.14. The Morgan fingerprint density at radius 1 is 0.963 bits per heavy atom. The van der Waals surface area contributed by atoms with Gasteiger partial charge in [-0.25, -0.2) is 0 Å².